The van der Waals surface area contributed by atoms with Crippen LogP contribution in [0.4, 0.5) is 0 Å². The highest BCUT2D eigenvalue weighted by Crippen LogP contribution is 2.47. The molecule has 0 saturated carbocycles. The molecule has 3 fully saturated rings. The van der Waals surface area contributed by atoms with Crippen molar-refractivity contribution in [1.29, 1.82) is 0 Å². The normalized spacial score (nSPS) is 45.9. The van der Waals surface area contributed by atoms with Gasteiger partial charge in [0.25, 0.3) is 0 Å². The summed E-state index contributed by atoms with van der Waals surface area (Å²) >= 11 is 0. The molecular weight excluding hydrogens is 534 g/mol. The van der Waals surface area contributed by atoms with Crippen LogP contribution in [-0.2, 0) is 28.5 Å². The third-order valence-corrected chi connectivity index (χ3v) is 9.90. The van der Waals surface area contributed by atoms with Gasteiger partial charge in [-0.25, -0.2) is 0 Å². The molecule has 232 valence electrons. The van der Waals surface area contributed by atoms with Crippen LogP contribution in [0.2, 0.25) is 0 Å². The van der Waals surface area contributed by atoms with Crippen LogP contribution < -0.4 is 5.32 Å². The van der Waals surface area contributed by atoms with E-state index >= 15 is 0 Å². The molecule has 1 spiro atoms. The van der Waals surface area contributed by atoms with Crippen molar-refractivity contribution < 1.29 is 33.6 Å². The van der Waals surface area contributed by atoms with Crippen molar-refractivity contribution in [2.45, 2.75) is 128 Å². The van der Waals surface area contributed by atoms with Crippen molar-refractivity contribution in [3.8, 4) is 0 Å². The molecule has 4 heterocycles. The van der Waals surface area contributed by atoms with Gasteiger partial charge in [-0.15, -0.1) is 0 Å². The van der Waals surface area contributed by atoms with Gasteiger partial charge in [-0.2, -0.15) is 0 Å². The first-order chi connectivity index (χ1) is 19.9. The van der Waals surface area contributed by atoms with Gasteiger partial charge in [-0.1, -0.05) is 62.3 Å². The fourth-order valence-electron chi connectivity index (χ4n) is 7.66. The zero-order valence-corrected chi connectivity index (χ0v) is 26.1. The molecule has 0 radical (unpaired) electrons. The first kappa shape index (κ1) is 31.2. The van der Waals surface area contributed by atoms with Crippen molar-refractivity contribution in [1.82, 2.24) is 5.32 Å². The summed E-state index contributed by atoms with van der Waals surface area (Å²) in [7, 11) is 0. The average molecular weight is 584 g/mol. The summed E-state index contributed by atoms with van der Waals surface area (Å²) in [5.41, 5.74) is 0.991. The molecule has 42 heavy (non-hydrogen) atoms. The molecule has 2 bridgehead atoms. The van der Waals surface area contributed by atoms with Crippen LogP contribution in [0.15, 0.2) is 47.1 Å². The number of aliphatic hydroxyl groups is 1. The van der Waals surface area contributed by atoms with Crippen molar-refractivity contribution in [2.24, 2.45) is 17.8 Å². The second-order valence-corrected chi connectivity index (χ2v) is 13.4. The van der Waals surface area contributed by atoms with Crippen molar-refractivity contribution in [3.05, 3.63) is 47.1 Å². The smallest absolute Gasteiger partial charge is 0.316 e. The number of esters is 1. The van der Waals surface area contributed by atoms with Gasteiger partial charge in [0.2, 0.25) is 5.91 Å². The maximum Gasteiger partial charge on any atom is 0.316 e. The van der Waals surface area contributed by atoms with Crippen LogP contribution in [0.3, 0.4) is 0 Å². The van der Waals surface area contributed by atoms with Crippen molar-refractivity contribution in [2.75, 3.05) is 6.61 Å². The van der Waals surface area contributed by atoms with Crippen LogP contribution in [0.1, 0.15) is 86.5 Å². The molecule has 10 atom stereocenters. The number of amides is 1. The number of fused-ring (bicyclic) bond motifs is 2. The van der Waals surface area contributed by atoms with Gasteiger partial charge >= 0.3 is 5.97 Å². The van der Waals surface area contributed by atoms with Gasteiger partial charge < -0.3 is 29.4 Å². The second kappa shape index (κ2) is 12.4. The molecule has 0 aromatic rings. The summed E-state index contributed by atoms with van der Waals surface area (Å²) in [5, 5.41) is 15.3. The lowest BCUT2D eigenvalue weighted by Crippen LogP contribution is -2.61. The molecule has 1 amide bonds. The topological polar surface area (TPSA) is 103 Å². The Labute approximate surface area is 250 Å². The fraction of sp³-hybridized carbons (Fsp3) is 0.706. The SMILES string of the molecule is CC[C@H]1O[C@]2(CC[C@@H]1C)C[C@@H]1C[C@@H](C/C=C(\C)C[C@@H](C)/C=C/C=C3\CO[C@@H]4[C@H](NC(C)=O)C(C)=C[C@@H](C(=O)O1)[C@]34O)O2. The zero-order valence-electron chi connectivity index (χ0n) is 26.1. The van der Waals surface area contributed by atoms with Gasteiger partial charge in [-0.05, 0) is 56.9 Å². The molecule has 8 heteroatoms. The Morgan fingerprint density at radius 1 is 1.19 bits per heavy atom. The van der Waals surface area contributed by atoms with Gasteiger partial charge in [0.15, 0.2) is 5.79 Å². The Bertz CT molecular complexity index is 1170. The lowest BCUT2D eigenvalue weighted by atomic mass is 9.70. The number of carbonyl (C=O) groups is 2. The lowest BCUT2D eigenvalue weighted by Gasteiger charge is -2.50. The van der Waals surface area contributed by atoms with Gasteiger partial charge in [-0.3, -0.25) is 9.59 Å². The Hall–Kier alpha value is -2.26. The van der Waals surface area contributed by atoms with E-state index in [0.29, 0.717) is 24.3 Å². The second-order valence-electron chi connectivity index (χ2n) is 13.4. The van der Waals surface area contributed by atoms with Crippen molar-refractivity contribution >= 4 is 11.9 Å². The highest BCUT2D eigenvalue weighted by Gasteiger charge is 2.60. The summed E-state index contributed by atoms with van der Waals surface area (Å²) in [6.07, 6.45) is 13.9. The van der Waals surface area contributed by atoms with Gasteiger partial charge in [0, 0.05) is 26.2 Å². The van der Waals surface area contributed by atoms with E-state index in [9.17, 15) is 14.7 Å². The third-order valence-electron chi connectivity index (χ3n) is 9.90. The van der Waals surface area contributed by atoms with Crippen molar-refractivity contribution in [3.63, 3.8) is 0 Å². The largest absolute Gasteiger partial charge is 0.462 e. The highest BCUT2D eigenvalue weighted by atomic mass is 16.7. The molecule has 8 nitrogen and oxygen atoms in total. The minimum absolute atomic E-state index is 0.0936. The van der Waals surface area contributed by atoms with Crippen LogP contribution in [0.5, 0.6) is 0 Å². The summed E-state index contributed by atoms with van der Waals surface area (Å²) in [5.74, 6) is -1.77. The number of carbonyl (C=O) groups excluding carboxylic acids is 2. The van der Waals surface area contributed by atoms with Crippen LogP contribution in [0.25, 0.3) is 0 Å². The molecule has 3 saturated heterocycles. The Kier molecular flexibility index (Phi) is 9.19. The van der Waals surface area contributed by atoms with E-state index in [1.807, 2.05) is 19.1 Å². The molecule has 0 aromatic heterocycles. The molecule has 2 N–H and O–H groups in total. The summed E-state index contributed by atoms with van der Waals surface area (Å²) < 4.78 is 25.8. The summed E-state index contributed by atoms with van der Waals surface area (Å²) in [6, 6.07) is -0.553. The van der Waals surface area contributed by atoms with E-state index < -0.39 is 41.5 Å². The maximum atomic E-state index is 14.1. The van der Waals surface area contributed by atoms with E-state index in [0.717, 1.165) is 37.7 Å². The standard InChI is InChI=1S/C34H49NO7/c1-7-29-22(4)13-14-33(42-29)18-27-17-26(41-33)12-11-21(3)15-20(2)9-8-10-25-19-39-31-30(35-24(6)36)23(5)16-28(32(37)40-27)34(25,31)38/h8-11,16,20,22,26-31,38H,7,12-15,17-19H2,1-6H3,(H,35,36)/b9-8+,21-11+,25-10+/t20-,22-,26+,27-,28-,29+,30+,31+,33+,34+/m0/s1. The quantitative estimate of drug-likeness (QED) is 0.346. The number of nitrogens with one attached hydrogen (secondary N) is 1. The van der Waals surface area contributed by atoms with Gasteiger partial charge in [0.1, 0.15) is 23.7 Å². The Morgan fingerprint density at radius 2 is 1.98 bits per heavy atom. The predicted molar refractivity (Wildman–Crippen MR) is 159 cm³/mol. The van der Waals surface area contributed by atoms with E-state index in [2.05, 4.69) is 45.2 Å². The number of hydrogen-bond acceptors (Lipinski definition) is 7. The van der Waals surface area contributed by atoms with Gasteiger partial charge in [0.05, 0.1) is 24.9 Å². The minimum Gasteiger partial charge on any atom is -0.462 e. The third kappa shape index (κ3) is 6.19. The zero-order chi connectivity index (χ0) is 30.2. The van der Waals surface area contributed by atoms with Crippen LogP contribution >= 0.6 is 0 Å². The number of hydrogen-bond donors (Lipinski definition) is 2. The molecule has 5 aliphatic rings. The predicted octanol–water partition coefficient (Wildman–Crippen LogP) is 5.07. The Balaban J connectivity index is 1.53. The number of rotatable bonds is 2. The molecule has 4 aliphatic heterocycles. The summed E-state index contributed by atoms with van der Waals surface area (Å²) in [6.45, 7) is 12.1. The van der Waals surface area contributed by atoms with E-state index in [1.165, 1.54) is 12.5 Å². The highest BCUT2D eigenvalue weighted by molar-refractivity contribution is 5.79. The maximum absolute atomic E-state index is 14.1. The summed E-state index contributed by atoms with van der Waals surface area (Å²) in [4.78, 5) is 26.2. The lowest BCUT2D eigenvalue weighted by molar-refractivity contribution is -0.335. The molecule has 0 aromatic carbocycles. The fourth-order valence-corrected chi connectivity index (χ4v) is 7.66. The average Bonchev–Trinajstić information content (AvgIpc) is 3.26. The molecular formula is C34H49NO7. The minimum atomic E-state index is -1.66. The number of ether oxygens (including phenoxy) is 4. The van der Waals surface area contributed by atoms with E-state index in [-0.39, 0.29) is 30.6 Å². The van der Waals surface area contributed by atoms with Crippen LogP contribution in [-0.4, -0.2) is 65.4 Å². The first-order valence-electron chi connectivity index (χ1n) is 15.8. The first-order valence-corrected chi connectivity index (χ1v) is 15.8. The molecule has 0 unspecified atom stereocenters. The molecule has 5 rings (SSSR count). The number of allylic oxidation sites excluding steroid dienone is 4. The van der Waals surface area contributed by atoms with Crippen LogP contribution in [0, 0.1) is 17.8 Å². The monoisotopic (exact) mass is 583 g/mol. The van der Waals surface area contributed by atoms with E-state index in [1.54, 1.807) is 6.08 Å². The van der Waals surface area contributed by atoms with E-state index in [4.69, 9.17) is 18.9 Å². The Morgan fingerprint density at radius 3 is 2.71 bits per heavy atom. The molecule has 1 aliphatic carbocycles.